The minimum Gasteiger partial charge on any atom is -0.381 e. The summed E-state index contributed by atoms with van der Waals surface area (Å²) in [4.78, 5) is 19.9. The molecular formula is C89H86Li2N4O2. The van der Waals surface area contributed by atoms with Crippen molar-refractivity contribution in [2.75, 3.05) is 19.8 Å². The number of pyridine rings is 4. The van der Waals surface area contributed by atoms with Gasteiger partial charge in [0.1, 0.15) is 0 Å². The van der Waals surface area contributed by atoms with Crippen LogP contribution >= 0.6 is 0 Å². The zero-order chi connectivity index (χ0) is 65.7. The van der Waals surface area contributed by atoms with Crippen LogP contribution < -0.4 is 37.7 Å². The van der Waals surface area contributed by atoms with E-state index < -0.39 is 0 Å². The van der Waals surface area contributed by atoms with Gasteiger partial charge in [-0.05, 0) is 119 Å². The van der Waals surface area contributed by atoms with Crippen LogP contribution in [0.4, 0.5) is 0 Å². The van der Waals surface area contributed by atoms with Crippen LogP contribution in [-0.2, 0) is 22.3 Å². The Hall–Kier alpha value is -9.18. The Balaban J connectivity index is 0.000000178. The largest absolute Gasteiger partial charge is 1.00 e. The SMILES string of the molecule is C1CCOC1.CC1CCCO1.Cc1ccccc1.[CH2-]CCC.[CH2-]c1ccccc1.[Li+].[Li+].c1ccc(-c2ccnc3c2ccc2c(-c4ccccc4)ccnc23)cc1.c1ccc(Cc2cc(-c3ccccc3)c3ccc4c(-c5ccccc5)cc(Cc5ccccc5)nc4c3n2)cc1. The molecule has 6 nitrogen and oxygen atoms in total. The van der Waals surface area contributed by atoms with Gasteiger partial charge < -0.3 is 16.4 Å². The third kappa shape index (κ3) is 21.7. The molecule has 0 radical (unpaired) electrons. The Labute approximate surface area is 600 Å². The van der Waals surface area contributed by atoms with Gasteiger partial charge in [0.05, 0.1) is 28.2 Å². The van der Waals surface area contributed by atoms with Gasteiger partial charge in [0.2, 0.25) is 0 Å². The molecule has 8 heteroatoms. The molecule has 1 unspecified atom stereocenters. The summed E-state index contributed by atoms with van der Waals surface area (Å²) in [7, 11) is 0. The molecular weight excluding hydrogens is 1170 g/mol. The Kier molecular flexibility index (Phi) is 30.2. The van der Waals surface area contributed by atoms with Gasteiger partial charge in [-0.1, -0.05) is 262 Å². The monoisotopic (exact) mass is 1260 g/mol. The van der Waals surface area contributed by atoms with E-state index in [2.05, 4.69) is 275 Å². The second-order valence-corrected chi connectivity index (χ2v) is 23.7. The maximum atomic E-state index is 5.31. The first-order valence-electron chi connectivity index (χ1n) is 33.4. The molecule has 2 aliphatic heterocycles. The van der Waals surface area contributed by atoms with Gasteiger partial charge in [-0.3, -0.25) is 19.9 Å². The number of aryl methyl sites for hydroxylation is 1. The summed E-state index contributed by atoms with van der Waals surface area (Å²) >= 11 is 0. The zero-order valence-electron chi connectivity index (χ0n) is 57.2. The van der Waals surface area contributed by atoms with Crippen LogP contribution in [0.3, 0.4) is 0 Å². The number of fused-ring (bicyclic) bond motifs is 6. The first kappa shape index (κ1) is 73.6. The summed E-state index contributed by atoms with van der Waals surface area (Å²) in [5.41, 5.74) is 20.3. The fourth-order valence-corrected chi connectivity index (χ4v) is 11.4. The summed E-state index contributed by atoms with van der Waals surface area (Å²) in [5, 5.41) is 4.51. The predicted molar refractivity (Wildman–Crippen MR) is 401 cm³/mol. The molecule has 0 aliphatic carbocycles. The molecule has 2 saturated heterocycles. The maximum Gasteiger partial charge on any atom is 1.00 e. The van der Waals surface area contributed by atoms with Gasteiger partial charge in [0, 0.05) is 78.0 Å². The summed E-state index contributed by atoms with van der Waals surface area (Å²) in [6, 6.07) is 101. The first-order valence-corrected chi connectivity index (χ1v) is 33.4. The van der Waals surface area contributed by atoms with E-state index in [4.69, 9.17) is 19.4 Å². The Bertz CT molecular complexity index is 4260. The minimum atomic E-state index is 0. The number of rotatable bonds is 9. The zero-order valence-corrected chi connectivity index (χ0v) is 57.2. The number of nitrogens with zero attached hydrogens (tertiary/aromatic N) is 4. The number of benzene rings is 10. The van der Waals surface area contributed by atoms with E-state index in [9.17, 15) is 0 Å². The van der Waals surface area contributed by atoms with Gasteiger partial charge in [0.15, 0.2) is 0 Å². The van der Waals surface area contributed by atoms with E-state index >= 15 is 0 Å². The Morgan fingerprint density at radius 3 is 0.990 bits per heavy atom. The van der Waals surface area contributed by atoms with E-state index in [1.165, 1.54) is 93.3 Å². The molecule has 10 aromatic carbocycles. The normalized spacial score (nSPS) is 12.5. The molecule has 1 atom stereocenters. The van der Waals surface area contributed by atoms with Crippen LogP contribution in [0.15, 0.2) is 304 Å². The summed E-state index contributed by atoms with van der Waals surface area (Å²) in [6.45, 7) is 16.6. The number of unbranched alkanes of at least 4 members (excludes halogenated alkanes) is 1. The quantitative estimate of drug-likeness (QED) is 0.0815. The number of hydrogen-bond donors (Lipinski definition) is 0. The van der Waals surface area contributed by atoms with Crippen molar-refractivity contribution in [2.24, 2.45) is 0 Å². The fraction of sp³-hybridized carbons (Fsp3) is 0.169. The molecule has 6 heterocycles. The van der Waals surface area contributed by atoms with Crippen molar-refractivity contribution in [2.45, 2.75) is 78.2 Å². The van der Waals surface area contributed by atoms with Crippen molar-refractivity contribution in [3.8, 4) is 44.5 Å². The smallest absolute Gasteiger partial charge is 0.381 e. The molecule has 0 amide bonds. The average Bonchev–Trinajstić information content (AvgIpc) is 0.950. The predicted octanol–water partition coefficient (Wildman–Crippen LogP) is 16.9. The van der Waals surface area contributed by atoms with Crippen molar-refractivity contribution in [1.29, 1.82) is 0 Å². The van der Waals surface area contributed by atoms with Crippen LogP contribution in [0, 0.1) is 20.8 Å². The molecule has 2 aliphatic rings. The van der Waals surface area contributed by atoms with Crippen LogP contribution in [0.5, 0.6) is 0 Å². The van der Waals surface area contributed by atoms with Crippen LogP contribution in [-0.4, -0.2) is 45.9 Å². The number of ether oxygens (including phenoxy) is 2. The number of hydrogen-bond acceptors (Lipinski definition) is 6. The molecule has 0 saturated carbocycles. The van der Waals surface area contributed by atoms with Gasteiger partial charge in [-0.2, -0.15) is 31.0 Å². The van der Waals surface area contributed by atoms with Crippen LogP contribution in [0.2, 0.25) is 0 Å². The molecule has 16 rings (SSSR count). The van der Waals surface area contributed by atoms with Crippen molar-refractivity contribution in [3.05, 3.63) is 351 Å². The van der Waals surface area contributed by atoms with E-state index in [-0.39, 0.29) is 37.7 Å². The molecule has 2 fully saturated rings. The third-order valence-corrected chi connectivity index (χ3v) is 16.4. The average molecular weight is 1260 g/mol. The van der Waals surface area contributed by atoms with E-state index in [1.807, 2.05) is 73.1 Å². The van der Waals surface area contributed by atoms with E-state index in [1.54, 1.807) is 0 Å². The number of aromatic nitrogens is 4. The van der Waals surface area contributed by atoms with Gasteiger partial charge >= 0.3 is 37.7 Å². The molecule has 14 aromatic rings. The second kappa shape index (κ2) is 39.8. The second-order valence-electron chi connectivity index (χ2n) is 23.7. The van der Waals surface area contributed by atoms with E-state index in [0.29, 0.717) is 6.10 Å². The Morgan fingerprint density at radius 1 is 0.392 bits per heavy atom. The minimum absolute atomic E-state index is 0. The molecule has 0 N–H and O–H groups in total. The summed E-state index contributed by atoms with van der Waals surface area (Å²) in [5.74, 6) is 0. The summed E-state index contributed by atoms with van der Waals surface area (Å²) < 4.78 is 10.1. The molecule has 0 spiro atoms. The van der Waals surface area contributed by atoms with Gasteiger partial charge in [0.25, 0.3) is 0 Å². The van der Waals surface area contributed by atoms with Crippen molar-refractivity contribution >= 4 is 43.6 Å². The van der Waals surface area contributed by atoms with Crippen LogP contribution in [0.25, 0.3) is 88.1 Å². The fourth-order valence-electron chi connectivity index (χ4n) is 11.4. The molecule has 476 valence electrons. The molecule has 4 aromatic heterocycles. The van der Waals surface area contributed by atoms with Crippen LogP contribution in [0.1, 0.15) is 86.0 Å². The van der Waals surface area contributed by atoms with E-state index in [0.717, 1.165) is 99.6 Å². The van der Waals surface area contributed by atoms with Crippen molar-refractivity contribution in [3.63, 3.8) is 0 Å². The topological polar surface area (TPSA) is 70.0 Å². The van der Waals surface area contributed by atoms with Crippen molar-refractivity contribution in [1.82, 2.24) is 19.9 Å². The first-order chi connectivity index (χ1) is 46.8. The van der Waals surface area contributed by atoms with Crippen molar-refractivity contribution < 1.29 is 47.2 Å². The summed E-state index contributed by atoms with van der Waals surface area (Å²) in [6.07, 6.45) is 13.2. The molecule has 97 heavy (non-hydrogen) atoms. The third-order valence-electron chi connectivity index (χ3n) is 16.4. The standard InChI is InChI=1S/C38H28N2.C24H16N2.C7H8.C7H7.C5H10O.C4H8O.C4H9.2Li/c1-5-13-27(14-6-1)23-31-25-35(29-17-9-3-10-18-29)33-21-22-34-36(30-19-11-4-12-20-30)26-32(40-38(34)37(33)39-31)24-28-15-7-2-8-16-28;1-3-7-17(8-4-1)19-13-15-25-23-21(19)11-12-22-20(14-16-26-24(22)23)18-9-5-2-6-10-18;2*1-7-5-3-2-4-6-7;1-5-3-2-4-6-5;1-2-4-5-3-1;1-3-4-2;;/h1-22,25-26H,23-24H2;1-16H;2-6H,1H3;2-6H,1H2;5H,2-4H2,1H3;1-4H2;1,3-4H2,2H3;;/q;;;-1;;;-1;2*+1. The molecule has 0 bridgehead atoms. The van der Waals surface area contributed by atoms with Gasteiger partial charge in [-0.25, -0.2) is 0 Å². The van der Waals surface area contributed by atoms with Gasteiger partial charge in [-0.15, -0.1) is 12.1 Å². The Morgan fingerprint density at radius 2 is 0.722 bits per heavy atom. The maximum absolute atomic E-state index is 5.31.